The minimum atomic E-state index is -0.234. The van der Waals surface area contributed by atoms with Crippen LogP contribution >= 0.6 is 0 Å². The molecule has 2 aliphatic heterocycles. The van der Waals surface area contributed by atoms with Crippen LogP contribution in [0.3, 0.4) is 0 Å². The minimum Gasteiger partial charge on any atom is -0.469 e. The second kappa shape index (κ2) is 10.3. The molecule has 0 N–H and O–H groups in total. The summed E-state index contributed by atoms with van der Waals surface area (Å²) in [6.07, 6.45) is 3.82. The van der Waals surface area contributed by atoms with Gasteiger partial charge in [0.25, 0.3) is 5.91 Å². The summed E-state index contributed by atoms with van der Waals surface area (Å²) in [6, 6.07) is 11.1. The van der Waals surface area contributed by atoms with Gasteiger partial charge in [0, 0.05) is 42.8 Å². The lowest BCUT2D eigenvalue weighted by atomic mass is 9.93. The van der Waals surface area contributed by atoms with Gasteiger partial charge in [-0.25, -0.2) is 9.37 Å². The molecule has 1 unspecified atom stereocenters. The third kappa shape index (κ3) is 4.89. The summed E-state index contributed by atoms with van der Waals surface area (Å²) in [5.41, 5.74) is 4.95. The molecular formula is C30H37FN4O2. The van der Waals surface area contributed by atoms with E-state index in [0.29, 0.717) is 24.4 Å². The van der Waals surface area contributed by atoms with E-state index in [1.54, 1.807) is 12.3 Å². The number of carbonyl (C=O) groups excluding carboxylic acids is 1. The highest BCUT2D eigenvalue weighted by molar-refractivity contribution is 5.95. The van der Waals surface area contributed by atoms with Gasteiger partial charge < -0.3 is 14.2 Å². The summed E-state index contributed by atoms with van der Waals surface area (Å²) in [6.45, 7) is 11.4. The number of benzene rings is 1. The maximum atomic E-state index is 13.7. The predicted octanol–water partition coefficient (Wildman–Crippen LogP) is 6.03. The maximum Gasteiger partial charge on any atom is 0.257 e. The van der Waals surface area contributed by atoms with E-state index in [1.807, 2.05) is 24.0 Å². The van der Waals surface area contributed by atoms with Crippen LogP contribution in [0, 0.1) is 12.7 Å². The van der Waals surface area contributed by atoms with Crippen LogP contribution in [0.15, 0.2) is 47.1 Å². The van der Waals surface area contributed by atoms with Gasteiger partial charge in [-0.3, -0.25) is 9.69 Å². The smallest absolute Gasteiger partial charge is 0.257 e. The van der Waals surface area contributed by atoms with Gasteiger partial charge >= 0.3 is 0 Å². The van der Waals surface area contributed by atoms with Gasteiger partial charge in [-0.2, -0.15) is 0 Å². The lowest BCUT2D eigenvalue weighted by Gasteiger charge is -2.42. The average Bonchev–Trinajstić information content (AvgIpc) is 3.51. The number of pyridine rings is 1. The van der Waals surface area contributed by atoms with Crippen LogP contribution in [0.2, 0.25) is 0 Å². The average molecular weight is 505 g/mol. The molecule has 4 heterocycles. The van der Waals surface area contributed by atoms with Crippen LogP contribution in [0.4, 0.5) is 10.2 Å². The first-order valence-corrected chi connectivity index (χ1v) is 13.4. The Morgan fingerprint density at radius 1 is 1.14 bits per heavy atom. The molecule has 2 saturated heterocycles. The fourth-order valence-corrected chi connectivity index (χ4v) is 5.85. The van der Waals surface area contributed by atoms with Gasteiger partial charge in [-0.05, 0) is 76.0 Å². The number of hydrogen-bond acceptors (Lipinski definition) is 5. The van der Waals surface area contributed by atoms with Crippen LogP contribution in [0.1, 0.15) is 72.9 Å². The summed E-state index contributed by atoms with van der Waals surface area (Å²) in [4.78, 5) is 25.3. The lowest BCUT2D eigenvalue weighted by Crippen LogP contribution is -2.54. The van der Waals surface area contributed by atoms with Gasteiger partial charge in [0.2, 0.25) is 0 Å². The Hall–Kier alpha value is -3.19. The molecule has 0 aliphatic carbocycles. The number of carbonyl (C=O) groups is 1. The van der Waals surface area contributed by atoms with Crippen molar-refractivity contribution in [3.8, 4) is 11.1 Å². The number of hydrogen-bond donors (Lipinski definition) is 0. The van der Waals surface area contributed by atoms with Crippen molar-refractivity contribution < 1.29 is 13.6 Å². The number of likely N-dealkylation sites (tertiary alicyclic amines) is 1. The predicted molar refractivity (Wildman–Crippen MR) is 144 cm³/mol. The Balaban J connectivity index is 1.52. The molecule has 37 heavy (non-hydrogen) atoms. The first kappa shape index (κ1) is 25.5. The molecular weight excluding hydrogens is 467 g/mol. The summed E-state index contributed by atoms with van der Waals surface area (Å²) in [7, 11) is 2.18. The second-order valence-electron chi connectivity index (χ2n) is 10.8. The molecule has 196 valence electrons. The molecule has 2 atom stereocenters. The number of rotatable bonds is 5. The highest BCUT2D eigenvalue weighted by Crippen LogP contribution is 2.41. The maximum absolute atomic E-state index is 13.7. The van der Waals surface area contributed by atoms with Crippen molar-refractivity contribution in [2.75, 3.05) is 38.1 Å². The Kier molecular flexibility index (Phi) is 7.08. The molecule has 5 rings (SSSR count). The molecule has 2 aliphatic rings. The fourth-order valence-electron chi connectivity index (χ4n) is 5.85. The Morgan fingerprint density at radius 2 is 1.89 bits per heavy atom. The SMILES string of the molecule is Cc1occc1C(=O)N1CCN(c2nc(C(C)C)c(-c3ccc(F)cc3)cc2[C@H]2CCCN2C)CC1C. The Labute approximate surface area is 219 Å². The molecule has 3 aromatic rings. The number of aromatic nitrogens is 1. The van der Waals surface area contributed by atoms with Crippen LogP contribution in [0.5, 0.6) is 0 Å². The molecule has 7 heteroatoms. The van der Waals surface area contributed by atoms with Crippen molar-refractivity contribution in [1.82, 2.24) is 14.8 Å². The zero-order chi connectivity index (χ0) is 26.3. The molecule has 0 bridgehead atoms. The molecule has 1 amide bonds. The highest BCUT2D eigenvalue weighted by Gasteiger charge is 2.34. The zero-order valence-electron chi connectivity index (χ0n) is 22.5. The summed E-state index contributed by atoms with van der Waals surface area (Å²) >= 11 is 0. The van der Waals surface area contributed by atoms with Crippen LogP contribution in [-0.4, -0.2) is 60.0 Å². The molecule has 0 spiro atoms. The van der Waals surface area contributed by atoms with Gasteiger partial charge in [-0.15, -0.1) is 0 Å². The van der Waals surface area contributed by atoms with Crippen molar-refractivity contribution in [2.45, 2.75) is 58.5 Å². The molecule has 0 radical (unpaired) electrons. The number of aryl methyl sites for hydroxylation is 1. The third-order valence-corrected chi connectivity index (χ3v) is 7.92. The Morgan fingerprint density at radius 3 is 2.49 bits per heavy atom. The molecule has 0 saturated carbocycles. The van der Waals surface area contributed by atoms with Gasteiger partial charge in [0.15, 0.2) is 0 Å². The van der Waals surface area contributed by atoms with E-state index in [1.165, 1.54) is 17.7 Å². The molecule has 6 nitrogen and oxygen atoms in total. The fraction of sp³-hybridized carbons (Fsp3) is 0.467. The first-order valence-electron chi connectivity index (χ1n) is 13.4. The van der Waals surface area contributed by atoms with Crippen molar-refractivity contribution in [3.05, 3.63) is 71.1 Å². The first-order chi connectivity index (χ1) is 17.7. The quantitative estimate of drug-likeness (QED) is 0.425. The number of piperazine rings is 1. The van der Waals surface area contributed by atoms with E-state index in [2.05, 4.69) is 43.7 Å². The molecule has 2 aromatic heterocycles. The monoisotopic (exact) mass is 504 g/mol. The number of halogens is 1. The van der Waals surface area contributed by atoms with Crippen LogP contribution in [-0.2, 0) is 0 Å². The summed E-state index contributed by atoms with van der Waals surface area (Å²) < 4.78 is 19.1. The zero-order valence-corrected chi connectivity index (χ0v) is 22.5. The standard InChI is InChI=1S/C30H37FN4O2/c1-19(2)28-25(22-8-10-23(31)11-9-22)17-26(27-7-6-13-33(27)5)29(32-28)34-14-15-35(20(3)18-34)30(36)24-12-16-37-21(24)4/h8-12,16-17,19-20,27H,6-7,13-15,18H2,1-5H3/t20?,27-/m1/s1. The summed E-state index contributed by atoms with van der Waals surface area (Å²) in [5.74, 6) is 1.68. The number of nitrogens with zero attached hydrogens (tertiary/aromatic N) is 4. The number of amides is 1. The summed E-state index contributed by atoms with van der Waals surface area (Å²) in [5, 5.41) is 0. The largest absolute Gasteiger partial charge is 0.469 e. The second-order valence-corrected chi connectivity index (χ2v) is 10.8. The third-order valence-electron chi connectivity index (χ3n) is 7.92. The number of furan rings is 1. The van der Waals surface area contributed by atoms with Gasteiger partial charge in [0.05, 0.1) is 17.5 Å². The minimum absolute atomic E-state index is 0.0247. The highest BCUT2D eigenvalue weighted by atomic mass is 19.1. The van der Waals surface area contributed by atoms with E-state index in [4.69, 9.17) is 9.40 Å². The molecule has 1 aromatic carbocycles. The van der Waals surface area contributed by atoms with Crippen molar-refractivity contribution in [3.63, 3.8) is 0 Å². The Bertz CT molecular complexity index is 1270. The van der Waals surface area contributed by atoms with Gasteiger partial charge in [-0.1, -0.05) is 26.0 Å². The van der Waals surface area contributed by atoms with Crippen molar-refractivity contribution in [1.29, 1.82) is 0 Å². The van der Waals surface area contributed by atoms with Gasteiger partial charge in [0.1, 0.15) is 17.4 Å². The normalized spacial score (nSPS) is 20.7. The van der Waals surface area contributed by atoms with Crippen molar-refractivity contribution >= 4 is 11.7 Å². The number of anilines is 1. The van der Waals surface area contributed by atoms with Crippen LogP contribution < -0.4 is 4.90 Å². The van der Waals surface area contributed by atoms with E-state index in [0.717, 1.165) is 48.6 Å². The van der Waals surface area contributed by atoms with Crippen molar-refractivity contribution in [2.24, 2.45) is 0 Å². The van der Waals surface area contributed by atoms with E-state index < -0.39 is 0 Å². The lowest BCUT2D eigenvalue weighted by molar-refractivity contribution is 0.0671. The van der Waals surface area contributed by atoms with Crippen LogP contribution in [0.25, 0.3) is 11.1 Å². The van der Waals surface area contributed by atoms with E-state index >= 15 is 0 Å². The molecule has 2 fully saturated rings. The van der Waals surface area contributed by atoms with E-state index in [9.17, 15) is 9.18 Å². The van der Waals surface area contributed by atoms with E-state index in [-0.39, 0.29) is 29.7 Å². The topological polar surface area (TPSA) is 52.8 Å².